The predicted molar refractivity (Wildman–Crippen MR) is 238 cm³/mol. The molecule has 5 heteroatoms. The third kappa shape index (κ3) is 4.50. The minimum Gasteiger partial charge on any atom is -0.455 e. The van der Waals surface area contributed by atoms with E-state index in [0.717, 1.165) is 116 Å². The summed E-state index contributed by atoms with van der Waals surface area (Å²) >= 11 is 0. The number of rotatable bonds is 3. The Kier molecular flexibility index (Phi) is 6.50. The predicted octanol–water partition coefficient (Wildman–Crippen LogP) is 14.2. The van der Waals surface area contributed by atoms with Gasteiger partial charge in [0.25, 0.3) is 0 Å². The average Bonchev–Trinajstić information content (AvgIpc) is 3.89. The lowest BCUT2D eigenvalue weighted by Crippen LogP contribution is -2.01. The molecule has 0 aliphatic heterocycles. The largest absolute Gasteiger partial charge is 0.455 e. The molecule has 58 heavy (non-hydrogen) atoms. The van der Waals surface area contributed by atoms with Gasteiger partial charge in [-0.25, -0.2) is 15.0 Å². The maximum absolute atomic E-state index is 6.93. The van der Waals surface area contributed by atoms with Gasteiger partial charge in [0.05, 0.1) is 11.1 Å². The van der Waals surface area contributed by atoms with Crippen LogP contribution in [0.3, 0.4) is 0 Å². The molecule has 0 unspecified atom stereocenters. The number of benzene rings is 9. The Morgan fingerprint density at radius 1 is 0.397 bits per heavy atom. The number of furan rings is 2. The second-order valence-corrected chi connectivity index (χ2v) is 15.3. The highest BCUT2D eigenvalue weighted by Crippen LogP contribution is 2.46. The van der Waals surface area contributed by atoms with E-state index in [1.807, 2.05) is 0 Å². The van der Waals surface area contributed by atoms with Crippen molar-refractivity contribution >= 4 is 93.0 Å². The van der Waals surface area contributed by atoms with Gasteiger partial charge >= 0.3 is 0 Å². The Morgan fingerprint density at radius 3 is 1.57 bits per heavy atom. The van der Waals surface area contributed by atoms with Crippen molar-refractivity contribution in [1.29, 1.82) is 0 Å². The fraction of sp³-hybridized carbons (Fsp3) is 0.0377. The van der Waals surface area contributed by atoms with Crippen molar-refractivity contribution in [1.82, 2.24) is 15.0 Å². The zero-order valence-corrected chi connectivity index (χ0v) is 31.2. The van der Waals surface area contributed by atoms with Gasteiger partial charge in [-0.2, -0.15) is 0 Å². The van der Waals surface area contributed by atoms with Crippen molar-refractivity contribution in [3.63, 3.8) is 0 Å². The molecule has 12 aromatic rings. The summed E-state index contributed by atoms with van der Waals surface area (Å²) in [5.74, 6) is 1.65. The van der Waals surface area contributed by atoms with Crippen LogP contribution in [0.15, 0.2) is 167 Å². The third-order valence-corrected chi connectivity index (χ3v) is 12.1. The number of nitrogens with zero attached hydrogens (tertiary/aromatic N) is 3. The van der Waals surface area contributed by atoms with E-state index in [2.05, 4.69) is 164 Å². The summed E-state index contributed by atoms with van der Waals surface area (Å²) in [6, 6.07) is 53.2. The topological polar surface area (TPSA) is 65.0 Å². The molecule has 0 saturated heterocycles. The summed E-state index contributed by atoms with van der Waals surface area (Å²) in [6.07, 6.45) is 6.58. The van der Waals surface area contributed by atoms with Crippen LogP contribution < -0.4 is 0 Å². The van der Waals surface area contributed by atoms with Crippen molar-refractivity contribution in [3.05, 3.63) is 169 Å². The molecule has 0 saturated carbocycles. The van der Waals surface area contributed by atoms with Crippen LogP contribution in [0.2, 0.25) is 0 Å². The van der Waals surface area contributed by atoms with Gasteiger partial charge in [0.15, 0.2) is 17.5 Å². The SMILES string of the molecule is C1=Cc2c(ccc3oc4c(-c5nc(-c6cccc7ccccc67)nc(-c6cc7ccccc7c7c6oc6ccc8ccccc8c67)n5)cc5ccccc5c4c23)CC1. The number of hydrogen-bond acceptors (Lipinski definition) is 5. The molecular weight excluding hydrogens is 711 g/mol. The molecule has 5 nitrogen and oxygen atoms in total. The summed E-state index contributed by atoms with van der Waals surface area (Å²) in [5, 5.41) is 13.3. The van der Waals surface area contributed by atoms with E-state index in [9.17, 15) is 0 Å². The lowest BCUT2D eigenvalue weighted by Gasteiger charge is -2.13. The van der Waals surface area contributed by atoms with Crippen LogP contribution in [-0.2, 0) is 6.42 Å². The van der Waals surface area contributed by atoms with Crippen molar-refractivity contribution in [2.75, 3.05) is 0 Å². The highest BCUT2D eigenvalue weighted by Gasteiger charge is 2.25. The Hall–Kier alpha value is -7.63. The Morgan fingerprint density at radius 2 is 0.897 bits per heavy atom. The summed E-state index contributed by atoms with van der Waals surface area (Å²) in [4.78, 5) is 16.2. The van der Waals surface area contributed by atoms with Crippen molar-refractivity contribution in [2.24, 2.45) is 0 Å². The average molecular weight is 742 g/mol. The van der Waals surface area contributed by atoms with Gasteiger partial charge in [-0.1, -0.05) is 140 Å². The highest BCUT2D eigenvalue weighted by molar-refractivity contribution is 6.29. The smallest absolute Gasteiger partial charge is 0.167 e. The van der Waals surface area contributed by atoms with E-state index >= 15 is 0 Å². The molecule has 0 bridgehead atoms. The van der Waals surface area contributed by atoms with Gasteiger partial charge in [-0.15, -0.1) is 0 Å². The third-order valence-electron chi connectivity index (χ3n) is 12.1. The first kappa shape index (κ1) is 31.6. The van der Waals surface area contributed by atoms with Crippen LogP contribution in [0.5, 0.6) is 0 Å². The zero-order chi connectivity index (χ0) is 37.9. The standard InChI is InChI=1S/C53H31N3O2/c1-6-18-35-30(12-1)17-11-23-40(35)51-54-52(41-28-33-15-4-9-21-38(33)47-45-36-19-7-2-13-31(36)24-26-43(45)57-49(41)47)56-53(55-51)42-29-34-16-5-10-22-39(34)48-46-37-20-8-3-14-32(37)25-27-44(46)58-50(42)48/h1-2,4-13,15-29H,3,14H2. The molecule has 3 heterocycles. The lowest BCUT2D eigenvalue weighted by atomic mass is 9.91. The maximum atomic E-state index is 6.93. The number of aromatic nitrogens is 3. The fourth-order valence-corrected chi connectivity index (χ4v) is 9.50. The Bertz CT molecular complexity index is 3750. The van der Waals surface area contributed by atoms with Crippen molar-refractivity contribution in [2.45, 2.75) is 12.8 Å². The van der Waals surface area contributed by atoms with Gasteiger partial charge in [-0.05, 0) is 91.3 Å². The molecule has 1 aliphatic carbocycles. The summed E-state index contributed by atoms with van der Waals surface area (Å²) in [7, 11) is 0. The maximum Gasteiger partial charge on any atom is 0.167 e. The fourth-order valence-electron chi connectivity index (χ4n) is 9.50. The molecular formula is C53H31N3O2. The summed E-state index contributed by atoms with van der Waals surface area (Å²) in [5.41, 5.74) is 8.31. The molecule has 0 radical (unpaired) electrons. The van der Waals surface area contributed by atoms with Crippen LogP contribution >= 0.6 is 0 Å². The van der Waals surface area contributed by atoms with Crippen LogP contribution in [0.4, 0.5) is 0 Å². The first-order valence-corrected chi connectivity index (χ1v) is 19.8. The second kappa shape index (κ2) is 11.9. The zero-order valence-electron chi connectivity index (χ0n) is 31.2. The molecule has 0 fully saturated rings. The quantitative estimate of drug-likeness (QED) is 0.180. The molecule has 0 atom stereocenters. The lowest BCUT2D eigenvalue weighted by molar-refractivity contribution is 0.669. The monoisotopic (exact) mass is 741 g/mol. The van der Waals surface area contributed by atoms with Crippen LogP contribution in [0.25, 0.3) is 127 Å². The molecule has 13 rings (SSSR count). The highest BCUT2D eigenvalue weighted by atomic mass is 16.3. The molecule has 270 valence electrons. The number of allylic oxidation sites excluding steroid dienone is 1. The first-order chi connectivity index (χ1) is 28.7. The molecule has 0 N–H and O–H groups in total. The van der Waals surface area contributed by atoms with Gasteiger partial charge < -0.3 is 8.83 Å². The molecule has 3 aromatic heterocycles. The Labute approximate surface area is 331 Å². The number of aryl methyl sites for hydroxylation is 1. The van der Waals surface area contributed by atoms with Crippen LogP contribution in [0.1, 0.15) is 17.5 Å². The van der Waals surface area contributed by atoms with Gasteiger partial charge in [0, 0.05) is 27.1 Å². The van der Waals surface area contributed by atoms with Crippen LogP contribution in [-0.4, -0.2) is 15.0 Å². The molecule has 9 aromatic carbocycles. The van der Waals surface area contributed by atoms with Gasteiger partial charge in [-0.3, -0.25) is 0 Å². The molecule has 0 spiro atoms. The van der Waals surface area contributed by atoms with Gasteiger partial charge in [0.2, 0.25) is 0 Å². The minimum atomic E-state index is 0.532. The molecule has 0 amide bonds. The van der Waals surface area contributed by atoms with Crippen LogP contribution in [0, 0.1) is 0 Å². The van der Waals surface area contributed by atoms with Gasteiger partial charge in [0.1, 0.15) is 22.3 Å². The number of fused-ring (bicyclic) bond motifs is 15. The first-order valence-electron chi connectivity index (χ1n) is 19.8. The summed E-state index contributed by atoms with van der Waals surface area (Å²) < 4.78 is 13.8. The van der Waals surface area contributed by atoms with E-state index < -0.39 is 0 Å². The van der Waals surface area contributed by atoms with E-state index in [1.54, 1.807) is 0 Å². The number of hydrogen-bond donors (Lipinski definition) is 0. The molecule has 1 aliphatic rings. The van der Waals surface area contributed by atoms with E-state index in [0.29, 0.717) is 17.5 Å². The van der Waals surface area contributed by atoms with E-state index in [-0.39, 0.29) is 0 Å². The van der Waals surface area contributed by atoms with Crippen molar-refractivity contribution < 1.29 is 8.83 Å². The van der Waals surface area contributed by atoms with E-state index in [4.69, 9.17) is 23.8 Å². The van der Waals surface area contributed by atoms with E-state index in [1.165, 1.54) is 11.1 Å². The second-order valence-electron chi connectivity index (χ2n) is 15.3. The normalized spacial score (nSPS) is 13.0. The Balaban J connectivity index is 1.17. The summed E-state index contributed by atoms with van der Waals surface area (Å²) in [6.45, 7) is 0. The minimum absolute atomic E-state index is 0.532. The van der Waals surface area contributed by atoms with Crippen molar-refractivity contribution in [3.8, 4) is 34.2 Å².